The van der Waals surface area contributed by atoms with Crippen LogP contribution in [-0.2, 0) is 0 Å². The smallest absolute Gasteiger partial charge is 0.00176 e. The molecule has 2 atom stereocenters. The minimum atomic E-state index is 0.629. The van der Waals surface area contributed by atoms with E-state index < -0.39 is 0 Å². The number of hydrogen-bond donors (Lipinski definition) is 1. The quantitative estimate of drug-likeness (QED) is 0.697. The zero-order valence-electron chi connectivity index (χ0n) is 10.7. The third-order valence-electron chi connectivity index (χ3n) is 4.65. The van der Waals surface area contributed by atoms with Gasteiger partial charge in [-0.25, -0.2) is 0 Å². The molecular weight excluding hydrogens is 182 g/mol. The maximum absolute atomic E-state index is 3.60. The molecule has 1 saturated carbocycles. The van der Waals surface area contributed by atoms with Gasteiger partial charge in [0.1, 0.15) is 0 Å². The lowest BCUT2D eigenvalue weighted by atomic mass is 9.67. The summed E-state index contributed by atoms with van der Waals surface area (Å²) >= 11 is 0. The van der Waals surface area contributed by atoms with Crippen LogP contribution in [0.25, 0.3) is 0 Å². The first-order chi connectivity index (χ1) is 7.07. The number of nitrogens with one attached hydrogen (secondary N) is 1. The predicted molar refractivity (Wildman–Crippen MR) is 65.9 cm³/mol. The predicted octanol–water partition coefficient (Wildman–Crippen LogP) is 3.45. The Kier molecular flexibility index (Phi) is 3.39. The van der Waals surface area contributed by atoms with Crippen LogP contribution in [0.2, 0.25) is 0 Å². The second-order valence-corrected chi connectivity index (χ2v) is 6.76. The average molecular weight is 209 g/mol. The van der Waals surface area contributed by atoms with E-state index in [9.17, 15) is 0 Å². The van der Waals surface area contributed by atoms with Gasteiger partial charge in [-0.05, 0) is 68.4 Å². The molecule has 2 rings (SSSR count). The zero-order chi connectivity index (χ0) is 10.9. The van der Waals surface area contributed by atoms with Gasteiger partial charge in [0.2, 0.25) is 0 Å². The molecule has 1 nitrogen and oxygen atoms in total. The van der Waals surface area contributed by atoms with E-state index in [2.05, 4.69) is 26.1 Å². The summed E-state index contributed by atoms with van der Waals surface area (Å²) in [5, 5.41) is 3.60. The first-order valence-electron chi connectivity index (χ1n) is 6.77. The van der Waals surface area contributed by atoms with E-state index in [0.29, 0.717) is 5.41 Å². The Morgan fingerprint density at radius 1 is 1.00 bits per heavy atom. The molecule has 1 heteroatoms. The van der Waals surface area contributed by atoms with Crippen molar-refractivity contribution in [3.05, 3.63) is 0 Å². The van der Waals surface area contributed by atoms with E-state index >= 15 is 0 Å². The van der Waals surface area contributed by atoms with Crippen molar-refractivity contribution >= 4 is 0 Å². The molecular formula is C14H27N. The van der Waals surface area contributed by atoms with Crippen LogP contribution in [0, 0.1) is 23.2 Å². The van der Waals surface area contributed by atoms with E-state index in [0.717, 1.165) is 17.8 Å². The summed E-state index contributed by atoms with van der Waals surface area (Å²) < 4.78 is 0. The van der Waals surface area contributed by atoms with Crippen LogP contribution in [-0.4, -0.2) is 13.1 Å². The molecule has 1 aliphatic heterocycles. The van der Waals surface area contributed by atoms with Crippen molar-refractivity contribution < 1.29 is 0 Å². The molecule has 0 amide bonds. The van der Waals surface area contributed by atoms with Crippen LogP contribution < -0.4 is 5.32 Å². The molecule has 2 fully saturated rings. The van der Waals surface area contributed by atoms with Gasteiger partial charge in [0.25, 0.3) is 0 Å². The fraction of sp³-hybridized carbons (Fsp3) is 1.00. The van der Waals surface area contributed by atoms with Crippen molar-refractivity contribution in [1.82, 2.24) is 5.32 Å². The van der Waals surface area contributed by atoms with E-state index in [-0.39, 0.29) is 0 Å². The first-order valence-corrected chi connectivity index (χ1v) is 6.77. The minimum absolute atomic E-state index is 0.629. The van der Waals surface area contributed by atoms with Gasteiger partial charge in [-0.15, -0.1) is 0 Å². The van der Waals surface area contributed by atoms with Gasteiger partial charge in [0, 0.05) is 0 Å². The highest BCUT2D eigenvalue weighted by Gasteiger charge is 2.32. The highest BCUT2D eigenvalue weighted by atomic mass is 14.9. The van der Waals surface area contributed by atoms with E-state index in [1.807, 2.05) is 0 Å². The van der Waals surface area contributed by atoms with Crippen LogP contribution in [0.5, 0.6) is 0 Å². The topological polar surface area (TPSA) is 12.0 Å². The monoisotopic (exact) mass is 209 g/mol. The third-order valence-corrected chi connectivity index (χ3v) is 4.65. The number of hydrogen-bond acceptors (Lipinski definition) is 1. The van der Waals surface area contributed by atoms with Crippen molar-refractivity contribution in [1.29, 1.82) is 0 Å². The van der Waals surface area contributed by atoms with Crippen molar-refractivity contribution in [2.45, 2.75) is 52.9 Å². The lowest BCUT2D eigenvalue weighted by molar-refractivity contribution is 0.121. The Balaban J connectivity index is 1.84. The van der Waals surface area contributed by atoms with Gasteiger partial charge < -0.3 is 5.32 Å². The lowest BCUT2D eigenvalue weighted by Gasteiger charge is -2.40. The van der Waals surface area contributed by atoms with Crippen molar-refractivity contribution in [2.75, 3.05) is 13.1 Å². The van der Waals surface area contributed by atoms with E-state index in [1.54, 1.807) is 0 Å². The molecule has 15 heavy (non-hydrogen) atoms. The first kappa shape index (κ1) is 11.4. The molecule has 1 aliphatic carbocycles. The Labute approximate surface area is 95.0 Å². The SMILES string of the molecule is CC1CNCC(C2CCC(C)(C)CC2)C1. The summed E-state index contributed by atoms with van der Waals surface area (Å²) in [6, 6.07) is 0. The van der Waals surface area contributed by atoms with E-state index in [4.69, 9.17) is 0 Å². The molecule has 1 saturated heterocycles. The third kappa shape index (κ3) is 2.96. The molecule has 0 aromatic carbocycles. The Hall–Kier alpha value is -0.0400. The Bertz CT molecular complexity index is 199. The fourth-order valence-corrected chi connectivity index (χ4v) is 3.45. The summed E-state index contributed by atoms with van der Waals surface area (Å²) in [5.41, 5.74) is 0.629. The minimum Gasteiger partial charge on any atom is -0.316 e. The molecule has 2 unspecified atom stereocenters. The maximum Gasteiger partial charge on any atom is -0.00176 e. The largest absolute Gasteiger partial charge is 0.316 e. The van der Waals surface area contributed by atoms with Crippen LogP contribution in [0.4, 0.5) is 0 Å². The van der Waals surface area contributed by atoms with Crippen molar-refractivity contribution in [3.63, 3.8) is 0 Å². The maximum atomic E-state index is 3.60. The Morgan fingerprint density at radius 3 is 2.27 bits per heavy atom. The van der Waals surface area contributed by atoms with E-state index in [1.165, 1.54) is 45.2 Å². The van der Waals surface area contributed by atoms with Crippen LogP contribution in [0.15, 0.2) is 0 Å². The normalized spacial score (nSPS) is 37.8. The highest BCUT2D eigenvalue weighted by molar-refractivity contribution is 4.85. The van der Waals surface area contributed by atoms with Crippen molar-refractivity contribution in [2.24, 2.45) is 23.2 Å². The van der Waals surface area contributed by atoms with Crippen LogP contribution in [0.3, 0.4) is 0 Å². The second-order valence-electron chi connectivity index (χ2n) is 6.76. The highest BCUT2D eigenvalue weighted by Crippen LogP contribution is 2.42. The van der Waals surface area contributed by atoms with Gasteiger partial charge in [0.15, 0.2) is 0 Å². The molecule has 2 aliphatic rings. The average Bonchev–Trinajstić information content (AvgIpc) is 2.17. The fourth-order valence-electron chi connectivity index (χ4n) is 3.45. The second kappa shape index (κ2) is 4.45. The molecule has 0 radical (unpaired) electrons. The summed E-state index contributed by atoms with van der Waals surface area (Å²) in [7, 11) is 0. The Morgan fingerprint density at radius 2 is 1.67 bits per heavy atom. The summed E-state index contributed by atoms with van der Waals surface area (Å²) in [4.78, 5) is 0. The molecule has 0 bridgehead atoms. The van der Waals surface area contributed by atoms with Gasteiger partial charge in [0.05, 0.1) is 0 Å². The van der Waals surface area contributed by atoms with Crippen LogP contribution in [0.1, 0.15) is 52.9 Å². The number of piperidine rings is 1. The van der Waals surface area contributed by atoms with Crippen molar-refractivity contribution in [3.8, 4) is 0 Å². The van der Waals surface area contributed by atoms with Gasteiger partial charge >= 0.3 is 0 Å². The van der Waals surface area contributed by atoms with Gasteiger partial charge in [-0.1, -0.05) is 20.8 Å². The van der Waals surface area contributed by atoms with Gasteiger partial charge in [-0.3, -0.25) is 0 Å². The number of rotatable bonds is 1. The van der Waals surface area contributed by atoms with Gasteiger partial charge in [-0.2, -0.15) is 0 Å². The summed E-state index contributed by atoms with van der Waals surface area (Å²) in [6.45, 7) is 9.80. The molecule has 0 aromatic heterocycles. The standard InChI is InChI=1S/C14H27N/c1-11-8-13(10-15-9-11)12-4-6-14(2,3)7-5-12/h11-13,15H,4-10H2,1-3H3. The lowest BCUT2D eigenvalue weighted by Crippen LogP contribution is -2.40. The molecule has 1 N–H and O–H groups in total. The molecule has 1 heterocycles. The molecule has 88 valence electrons. The summed E-state index contributed by atoms with van der Waals surface area (Å²) in [6.07, 6.45) is 7.32. The van der Waals surface area contributed by atoms with Crippen LogP contribution >= 0.6 is 0 Å². The molecule has 0 aromatic rings. The molecule has 0 spiro atoms. The summed E-state index contributed by atoms with van der Waals surface area (Å²) in [5.74, 6) is 2.90. The zero-order valence-corrected chi connectivity index (χ0v) is 10.7.